The Hall–Kier alpha value is -2.52. The van der Waals surface area contributed by atoms with Crippen molar-refractivity contribution in [2.24, 2.45) is 0 Å². The van der Waals surface area contributed by atoms with Gasteiger partial charge in [-0.25, -0.2) is 13.4 Å². The van der Waals surface area contributed by atoms with Gasteiger partial charge in [-0.2, -0.15) is 18.9 Å². The summed E-state index contributed by atoms with van der Waals surface area (Å²) < 4.78 is 27.0. The number of sulfonamides is 1. The van der Waals surface area contributed by atoms with E-state index in [4.69, 9.17) is 0 Å². The number of nitrogens with zero attached hydrogens (tertiary/aromatic N) is 6. The molecule has 1 fully saturated rings. The maximum Gasteiger partial charge on any atom is 0.254 e. The van der Waals surface area contributed by atoms with Crippen molar-refractivity contribution in [1.29, 1.82) is 0 Å². The molecule has 0 atom stereocenters. The Morgan fingerprint density at radius 1 is 1.07 bits per heavy atom. The fourth-order valence-electron chi connectivity index (χ4n) is 3.53. The van der Waals surface area contributed by atoms with E-state index in [-0.39, 0.29) is 0 Å². The molecule has 0 amide bonds. The molecule has 1 saturated heterocycles. The van der Waals surface area contributed by atoms with Gasteiger partial charge in [0.05, 0.1) is 6.26 Å². The van der Waals surface area contributed by atoms with Gasteiger partial charge in [0.25, 0.3) is 5.78 Å². The molecule has 2 aromatic heterocycles. The zero-order valence-electron chi connectivity index (χ0n) is 15.4. The van der Waals surface area contributed by atoms with Crippen molar-refractivity contribution in [2.45, 2.75) is 13.3 Å². The molecule has 3 heterocycles. The van der Waals surface area contributed by atoms with Gasteiger partial charge < -0.3 is 4.90 Å². The molecule has 0 spiro atoms. The van der Waals surface area contributed by atoms with E-state index in [0.29, 0.717) is 32.0 Å². The molecule has 8 nitrogen and oxygen atoms in total. The number of aryl methyl sites for hydroxylation is 1. The van der Waals surface area contributed by atoms with Gasteiger partial charge >= 0.3 is 0 Å². The van der Waals surface area contributed by atoms with E-state index in [0.717, 1.165) is 23.5 Å². The molecule has 27 heavy (non-hydrogen) atoms. The maximum atomic E-state index is 11.8. The third kappa shape index (κ3) is 3.52. The third-order valence-corrected chi connectivity index (χ3v) is 6.24. The molecule has 1 aliphatic heterocycles. The minimum Gasteiger partial charge on any atom is -0.354 e. The lowest BCUT2D eigenvalue weighted by molar-refractivity contribution is 0.385. The first-order valence-corrected chi connectivity index (χ1v) is 10.7. The summed E-state index contributed by atoms with van der Waals surface area (Å²) in [5.74, 6) is 1.51. The van der Waals surface area contributed by atoms with Crippen molar-refractivity contribution in [3.8, 4) is 0 Å². The molecule has 0 bridgehead atoms. The Balaban J connectivity index is 1.74. The number of piperazine rings is 1. The zero-order chi connectivity index (χ0) is 19.0. The lowest BCUT2D eigenvalue weighted by atomic mass is 10.0. The van der Waals surface area contributed by atoms with E-state index in [9.17, 15) is 8.42 Å². The average molecular weight is 386 g/mol. The standard InChI is InChI=1S/C18H22N6O2S/c1-14-16(12-15-6-4-3-5-7-15)17(24-18(21-14)19-13-20-24)22-8-10-23(11-9-22)27(2,25)26/h3-7,13H,8-12H2,1-2H3. The Morgan fingerprint density at radius 2 is 1.78 bits per heavy atom. The molecule has 1 aromatic carbocycles. The fraction of sp³-hybridized carbons (Fsp3) is 0.389. The number of anilines is 1. The van der Waals surface area contributed by atoms with Gasteiger partial charge in [0.15, 0.2) is 0 Å². The van der Waals surface area contributed by atoms with Gasteiger partial charge in [0.2, 0.25) is 10.0 Å². The van der Waals surface area contributed by atoms with Gasteiger partial charge in [-0.3, -0.25) is 0 Å². The summed E-state index contributed by atoms with van der Waals surface area (Å²) in [7, 11) is -3.17. The highest BCUT2D eigenvalue weighted by Gasteiger charge is 2.27. The maximum absolute atomic E-state index is 11.8. The molecule has 1 aliphatic rings. The van der Waals surface area contributed by atoms with Crippen LogP contribution in [0.25, 0.3) is 5.78 Å². The highest BCUT2D eigenvalue weighted by molar-refractivity contribution is 7.88. The summed E-state index contributed by atoms with van der Waals surface area (Å²) in [6.07, 6.45) is 3.50. The van der Waals surface area contributed by atoms with Crippen LogP contribution in [0.15, 0.2) is 36.7 Å². The predicted octanol–water partition coefficient (Wildman–Crippen LogP) is 1.11. The number of hydrogen-bond donors (Lipinski definition) is 0. The lowest BCUT2D eigenvalue weighted by Crippen LogP contribution is -2.49. The molecule has 142 valence electrons. The van der Waals surface area contributed by atoms with Gasteiger partial charge in [-0.05, 0) is 12.5 Å². The Bertz CT molecular complexity index is 1060. The second-order valence-corrected chi connectivity index (χ2v) is 8.77. The number of fused-ring (bicyclic) bond motifs is 1. The van der Waals surface area contributed by atoms with Crippen LogP contribution in [-0.2, 0) is 16.4 Å². The molecule has 0 N–H and O–H groups in total. The summed E-state index contributed by atoms with van der Waals surface area (Å²) in [6, 6.07) is 10.2. The van der Waals surface area contributed by atoms with Gasteiger partial charge in [-0.1, -0.05) is 30.3 Å². The monoisotopic (exact) mass is 386 g/mol. The summed E-state index contributed by atoms with van der Waals surface area (Å²) in [5, 5.41) is 4.37. The van der Waals surface area contributed by atoms with Crippen LogP contribution in [0.5, 0.6) is 0 Å². The van der Waals surface area contributed by atoms with E-state index in [1.807, 2.05) is 25.1 Å². The normalized spacial score (nSPS) is 16.1. The molecule has 0 saturated carbocycles. The molecule has 3 aromatic rings. The van der Waals surface area contributed by atoms with E-state index in [1.54, 1.807) is 4.52 Å². The summed E-state index contributed by atoms with van der Waals surface area (Å²) in [4.78, 5) is 11.0. The molecule has 0 unspecified atom stereocenters. The van der Waals surface area contributed by atoms with Crippen molar-refractivity contribution < 1.29 is 8.42 Å². The van der Waals surface area contributed by atoms with Crippen molar-refractivity contribution in [1.82, 2.24) is 23.9 Å². The fourth-order valence-corrected chi connectivity index (χ4v) is 4.36. The number of benzene rings is 1. The summed E-state index contributed by atoms with van der Waals surface area (Å²) >= 11 is 0. The Morgan fingerprint density at radius 3 is 2.44 bits per heavy atom. The number of aromatic nitrogens is 4. The zero-order valence-corrected chi connectivity index (χ0v) is 16.2. The molecular formula is C18H22N6O2S. The second-order valence-electron chi connectivity index (χ2n) is 6.78. The van der Waals surface area contributed by atoms with Crippen LogP contribution >= 0.6 is 0 Å². The van der Waals surface area contributed by atoms with Gasteiger partial charge in [-0.15, -0.1) is 0 Å². The van der Waals surface area contributed by atoms with E-state index in [1.165, 1.54) is 22.5 Å². The Kier molecular flexibility index (Phi) is 4.56. The minimum atomic E-state index is -3.17. The SMILES string of the molecule is Cc1nc2ncnn2c(N2CCN(S(C)(=O)=O)CC2)c1Cc1ccccc1. The van der Waals surface area contributed by atoms with Crippen molar-refractivity contribution >= 4 is 21.6 Å². The van der Waals surface area contributed by atoms with Crippen molar-refractivity contribution in [3.63, 3.8) is 0 Å². The molecule has 9 heteroatoms. The lowest BCUT2D eigenvalue weighted by Gasteiger charge is -2.35. The van der Waals surface area contributed by atoms with Crippen LogP contribution in [0.3, 0.4) is 0 Å². The second kappa shape index (κ2) is 6.90. The van der Waals surface area contributed by atoms with Crippen LogP contribution < -0.4 is 4.90 Å². The summed E-state index contributed by atoms with van der Waals surface area (Å²) in [6.45, 7) is 4.12. The van der Waals surface area contributed by atoms with Gasteiger partial charge in [0.1, 0.15) is 12.1 Å². The first kappa shape index (κ1) is 17.9. The van der Waals surface area contributed by atoms with Crippen LogP contribution in [0.1, 0.15) is 16.8 Å². The van der Waals surface area contributed by atoms with Crippen LogP contribution in [0.2, 0.25) is 0 Å². The van der Waals surface area contributed by atoms with E-state index in [2.05, 4.69) is 32.1 Å². The Labute approximate surface area is 158 Å². The highest BCUT2D eigenvalue weighted by Crippen LogP contribution is 2.27. The van der Waals surface area contributed by atoms with Crippen LogP contribution in [0.4, 0.5) is 5.82 Å². The van der Waals surface area contributed by atoms with Gasteiger partial charge in [0, 0.05) is 43.9 Å². The van der Waals surface area contributed by atoms with E-state index >= 15 is 0 Å². The van der Waals surface area contributed by atoms with Crippen molar-refractivity contribution in [3.05, 3.63) is 53.5 Å². The molecule has 0 radical (unpaired) electrons. The third-order valence-electron chi connectivity index (χ3n) is 4.94. The highest BCUT2D eigenvalue weighted by atomic mass is 32.2. The molecular weight excluding hydrogens is 364 g/mol. The largest absolute Gasteiger partial charge is 0.354 e. The topological polar surface area (TPSA) is 83.7 Å². The first-order chi connectivity index (χ1) is 12.9. The number of hydrogen-bond acceptors (Lipinski definition) is 6. The van der Waals surface area contributed by atoms with Crippen LogP contribution in [0, 0.1) is 6.92 Å². The quantitative estimate of drug-likeness (QED) is 0.668. The van der Waals surface area contributed by atoms with Crippen LogP contribution in [-0.4, -0.2) is 64.7 Å². The first-order valence-electron chi connectivity index (χ1n) is 8.86. The molecule has 0 aliphatic carbocycles. The minimum absolute atomic E-state index is 0.459. The summed E-state index contributed by atoms with van der Waals surface area (Å²) in [5.41, 5.74) is 3.20. The van der Waals surface area contributed by atoms with Crippen molar-refractivity contribution in [2.75, 3.05) is 37.3 Å². The predicted molar refractivity (Wildman–Crippen MR) is 103 cm³/mol. The van der Waals surface area contributed by atoms with E-state index < -0.39 is 10.0 Å². The smallest absolute Gasteiger partial charge is 0.254 e. The number of rotatable bonds is 4. The molecule has 4 rings (SSSR count). The average Bonchev–Trinajstić information content (AvgIpc) is 3.10.